The third-order valence-electron chi connectivity index (χ3n) is 2.58. The summed E-state index contributed by atoms with van der Waals surface area (Å²) in [4.78, 5) is 2.32. The van der Waals surface area contributed by atoms with E-state index in [1.54, 1.807) is 0 Å². The van der Waals surface area contributed by atoms with Gasteiger partial charge in [0, 0.05) is 30.3 Å². The van der Waals surface area contributed by atoms with Crippen molar-refractivity contribution in [1.29, 1.82) is 0 Å². The van der Waals surface area contributed by atoms with Crippen molar-refractivity contribution in [3.8, 4) is 0 Å². The lowest BCUT2D eigenvalue weighted by molar-refractivity contribution is 0.722. The van der Waals surface area contributed by atoms with E-state index in [0.717, 1.165) is 24.1 Å². The Morgan fingerprint density at radius 1 is 1.31 bits per heavy atom. The molecule has 1 aromatic rings. The second-order valence-electron chi connectivity index (χ2n) is 3.97. The summed E-state index contributed by atoms with van der Waals surface area (Å²) in [6.07, 6.45) is 1.17. The van der Waals surface area contributed by atoms with Gasteiger partial charge in [-0.15, -0.1) is 0 Å². The molecule has 90 valence electrons. The number of rotatable bonds is 6. The largest absolute Gasteiger partial charge is 0.374 e. The highest BCUT2D eigenvalue weighted by molar-refractivity contribution is 9.10. The number of nitrogens with zero attached hydrogens (tertiary/aromatic N) is 1. The van der Waals surface area contributed by atoms with E-state index in [1.807, 2.05) is 0 Å². The highest BCUT2D eigenvalue weighted by atomic mass is 79.9. The second kappa shape index (κ2) is 6.92. The Morgan fingerprint density at radius 3 is 2.69 bits per heavy atom. The van der Waals surface area contributed by atoms with Crippen molar-refractivity contribution < 1.29 is 0 Å². The molecule has 1 rings (SSSR count). The molecule has 0 aliphatic heterocycles. The summed E-state index contributed by atoms with van der Waals surface area (Å²) < 4.78 is 1.14. The number of hydrogen-bond acceptors (Lipinski definition) is 2. The molecule has 0 aliphatic carbocycles. The molecule has 0 aliphatic rings. The minimum atomic E-state index is 0.938. The van der Waals surface area contributed by atoms with Gasteiger partial charge in [-0.3, -0.25) is 0 Å². The van der Waals surface area contributed by atoms with Gasteiger partial charge >= 0.3 is 0 Å². The summed E-state index contributed by atoms with van der Waals surface area (Å²) >= 11 is 3.54. The van der Waals surface area contributed by atoms with Crippen molar-refractivity contribution in [1.82, 2.24) is 5.32 Å². The molecule has 1 N–H and O–H groups in total. The fourth-order valence-corrected chi connectivity index (χ4v) is 2.11. The molecule has 0 saturated carbocycles. The molecule has 0 spiro atoms. The molecular formula is C13H21BrN2. The van der Waals surface area contributed by atoms with Gasteiger partial charge in [0.15, 0.2) is 0 Å². The molecule has 0 fully saturated rings. The summed E-state index contributed by atoms with van der Waals surface area (Å²) in [5.41, 5.74) is 2.68. The molecule has 16 heavy (non-hydrogen) atoms. The molecular weight excluding hydrogens is 264 g/mol. The Morgan fingerprint density at radius 2 is 2.06 bits per heavy atom. The Hall–Kier alpha value is -0.540. The van der Waals surface area contributed by atoms with Gasteiger partial charge in [-0.25, -0.2) is 0 Å². The zero-order valence-corrected chi connectivity index (χ0v) is 12.0. The zero-order chi connectivity index (χ0) is 12.0. The third kappa shape index (κ3) is 3.80. The van der Waals surface area contributed by atoms with Crippen molar-refractivity contribution in [2.75, 3.05) is 25.0 Å². The fraction of sp³-hybridized carbons (Fsp3) is 0.538. The quantitative estimate of drug-likeness (QED) is 0.861. The van der Waals surface area contributed by atoms with Crippen LogP contribution in [0.5, 0.6) is 0 Å². The molecule has 0 atom stereocenters. The van der Waals surface area contributed by atoms with E-state index in [-0.39, 0.29) is 0 Å². The second-order valence-corrected chi connectivity index (χ2v) is 4.89. The van der Waals surface area contributed by atoms with Gasteiger partial charge in [0.05, 0.1) is 0 Å². The van der Waals surface area contributed by atoms with Gasteiger partial charge in [-0.1, -0.05) is 35.8 Å². The molecule has 2 nitrogen and oxygen atoms in total. The average molecular weight is 285 g/mol. The van der Waals surface area contributed by atoms with Crippen LogP contribution in [-0.2, 0) is 6.54 Å². The number of hydrogen-bond donors (Lipinski definition) is 1. The van der Waals surface area contributed by atoms with E-state index in [9.17, 15) is 0 Å². The Labute approximate surface area is 107 Å². The number of halogens is 1. The van der Waals surface area contributed by atoms with E-state index >= 15 is 0 Å². The molecule has 0 unspecified atom stereocenters. The summed E-state index contributed by atoms with van der Waals surface area (Å²) in [5, 5.41) is 3.38. The topological polar surface area (TPSA) is 15.3 Å². The van der Waals surface area contributed by atoms with E-state index in [0.29, 0.717) is 0 Å². The minimum Gasteiger partial charge on any atom is -0.374 e. The van der Waals surface area contributed by atoms with Crippen LogP contribution >= 0.6 is 15.9 Å². The van der Waals surface area contributed by atoms with E-state index in [1.165, 1.54) is 17.7 Å². The van der Waals surface area contributed by atoms with Gasteiger partial charge in [-0.2, -0.15) is 0 Å². The van der Waals surface area contributed by atoms with Gasteiger partial charge in [0.2, 0.25) is 0 Å². The van der Waals surface area contributed by atoms with Crippen LogP contribution in [0.15, 0.2) is 22.7 Å². The first-order valence-electron chi connectivity index (χ1n) is 5.89. The van der Waals surface area contributed by atoms with Crippen LogP contribution in [0.1, 0.15) is 25.8 Å². The Bertz CT molecular complexity index is 326. The van der Waals surface area contributed by atoms with Crippen LogP contribution < -0.4 is 10.2 Å². The van der Waals surface area contributed by atoms with E-state index in [2.05, 4.69) is 65.2 Å². The first-order chi connectivity index (χ1) is 7.69. The summed E-state index contributed by atoms with van der Waals surface area (Å²) in [6, 6.07) is 6.49. The van der Waals surface area contributed by atoms with Crippen LogP contribution in [0.3, 0.4) is 0 Å². The van der Waals surface area contributed by atoms with Gasteiger partial charge < -0.3 is 10.2 Å². The van der Waals surface area contributed by atoms with E-state index < -0.39 is 0 Å². The number of benzene rings is 1. The molecule has 0 radical (unpaired) electrons. The maximum Gasteiger partial charge on any atom is 0.0420 e. The van der Waals surface area contributed by atoms with Crippen molar-refractivity contribution in [3.05, 3.63) is 28.2 Å². The average Bonchev–Trinajstić information content (AvgIpc) is 2.27. The maximum absolute atomic E-state index is 3.54. The van der Waals surface area contributed by atoms with Gasteiger partial charge in [0.25, 0.3) is 0 Å². The fourth-order valence-electron chi connectivity index (χ4n) is 1.76. The Balaban J connectivity index is 2.88. The summed E-state index contributed by atoms with van der Waals surface area (Å²) in [6.45, 7) is 7.38. The molecule has 0 saturated heterocycles. The number of anilines is 1. The smallest absolute Gasteiger partial charge is 0.0420 e. The minimum absolute atomic E-state index is 0.938. The first kappa shape index (κ1) is 13.5. The van der Waals surface area contributed by atoms with Crippen molar-refractivity contribution in [3.63, 3.8) is 0 Å². The monoisotopic (exact) mass is 284 g/mol. The maximum atomic E-state index is 3.54. The predicted molar refractivity (Wildman–Crippen MR) is 75.1 cm³/mol. The lowest BCUT2D eigenvalue weighted by Crippen LogP contribution is -2.21. The molecule has 0 heterocycles. The lowest BCUT2D eigenvalue weighted by atomic mass is 10.1. The van der Waals surface area contributed by atoms with Crippen LogP contribution in [0.4, 0.5) is 5.69 Å². The normalized spacial score (nSPS) is 10.5. The standard InChI is InChI=1S/C13H21BrN2/c1-4-8-16(3)13-9-12(14)7-6-11(13)10-15-5-2/h6-7,9,15H,4-5,8,10H2,1-3H3. The third-order valence-corrected chi connectivity index (χ3v) is 3.08. The van der Waals surface area contributed by atoms with Crippen LogP contribution in [0, 0.1) is 0 Å². The molecule has 3 heteroatoms. The molecule has 0 bridgehead atoms. The van der Waals surface area contributed by atoms with Crippen LogP contribution in [-0.4, -0.2) is 20.1 Å². The lowest BCUT2D eigenvalue weighted by Gasteiger charge is -2.22. The highest BCUT2D eigenvalue weighted by Gasteiger charge is 2.07. The molecule has 0 aromatic heterocycles. The SMILES string of the molecule is CCCN(C)c1cc(Br)ccc1CNCC. The van der Waals surface area contributed by atoms with Crippen molar-refractivity contribution in [2.45, 2.75) is 26.8 Å². The van der Waals surface area contributed by atoms with Crippen LogP contribution in [0.25, 0.3) is 0 Å². The molecule has 0 amide bonds. The van der Waals surface area contributed by atoms with Crippen molar-refractivity contribution >= 4 is 21.6 Å². The van der Waals surface area contributed by atoms with Crippen molar-refractivity contribution in [2.24, 2.45) is 0 Å². The van der Waals surface area contributed by atoms with Gasteiger partial charge in [-0.05, 0) is 30.7 Å². The van der Waals surface area contributed by atoms with Gasteiger partial charge in [0.1, 0.15) is 0 Å². The number of nitrogens with one attached hydrogen (secondary N) is 1. The summed E-state index contributed by atoms with van der Waals surface area (Å²) in [7, 11) is 2.15. The molecule has 1 aromatic carbocycles. The highest BCUT2D eigenvalue weighted by Crippen LogP contribution is 2.24. The predicted octanol–water partition coefficient (Wildman–Crippen LogP) is 3.40. The Kier molecular flexibility index (Phi) is 5.85. The first-order valence-corrected chi connectivity index (χ1v) is 6.68. The zero-order valence-electron chi connectivity index (χ0n) is 10.4. The summed E-state index contributed by atoms with van der Waals surface area (Å²) in [5.74, 6) is 0. The van der Waals surface area contributed by atoms with Crippen LogP contribution in [0.2, 0.25) is 0 Å². The van der Waals surface area contributed by atoms with E-state index in [4.69, 9.17) is 0 Å².